The molecule has 20 heavy (non-hydrogen) atoms. The molecule has 1 rings (SSSR count). The highest BCUT2D eigenvalue weighted by molar-refractivity contribution is 5.90. The molecule has 0 aromatic heterocycles. The van der Waals surface area contributed by atoms with Crippen molar-refractivity contribution in [2.24, 2.45) is 0 Å². The van der Waals surface area contributed by atoms with Crippen molar-refractivity contribution in [1.29, 1.82) is 0 Å². The lowest BCUT2D eigenvalue weighted by Gasteiger charge is -2.52. The van der Waals surface area contributed by atoms with Gasteiger partial charge in [-0.15, -0.1) is 0 Å². The molecule has 1 saturated heterocycles. The summed E-state index contributed by atoms with van der Waals surface area (Å²) in [4.78, 5) is 24.0. The standard InChI is InChI=1S/C15H25NO4/c1-14(2)8-5-9-15(3,4)16(14)10-11-20-13(19)7-6-12(17)18/h6-7H,5,8-11H2,1-4H3,(H,17,18). The number of likely N-dealkylation sites (tertiary alicyclic amines) is 1. The van der Waals surface area contributed by atoms with Gasteiger partial charge in [-0.2, -0.15) is 0 Å². The maximum Gasteiger partial charge on any atom is 0.331 e. The molecule has 1 N–H and O–H groups in total. The lowest BCUT2D eigenvalue weighted by Crippen LogP contribution is -2.59. The van der Waals surface area contributed by atoms with Crippen molar-refractivity contribution in [2.75, 3.05) is 13.2 Å². The van der Waals surface area contributed by atoms with Crippen molar-refractivity contribution >= 4 is 11.9 Å². The summed E-state index contributed by atoms with van der Waals surface area (Å²) < 4.78 is 5.05. The minimum Gasteiger partial charge on any atom is -0.478 e. The van der Waals surface area contributed by atoms with Crippen LogP contribution in [0, 0.1) is 0 Å². The molecule has 0 atom stereocenters. The number of nitrogens with zero attached hydrogens (tertiary/aromatic N) is 1. The normalized spacial score (nSPS) is 21.8. The van der Waals surface area contributed by atoms with Crippen LogP contribution in [0.15, 0.2) is 12.2 Å². The largest absolute Gasteiger partial charge is 0.478 e. The van der Waals surface area contributed by atoms with E-state index in [4.69, 9.17) is 9.84 Å². The van der Waals surface area contributed by atoms with Gasteiger partial charge in [-0.3, -0.25) is 4.90 Å². The fraction of sp³-hybridized carbons (Fsp3) is 0.733. The zero-order valence-corrected chi connectivity index (χ0v) is 12.8. The summed E-state index contributed by atoms with van der Waals surface area (Å²) in [6.45, 7) is 9.77. The SMILES string of the molecule is CC1(C)CCCC(C)(C)N1CCOC(=O)C=CC(=O)O. The Kier molecular flexibility index (Phi) is 5.34. The fourth-order valence-corrected chi connectivity index (χ4v) is 3.07. The van der Waals surface area contributed by atoms with Crippen molar-refractivity contribution < 1.29 is 19.4 Å². The predicted molar refractivity (Wildman–Crippen MR) is 76.4 cm³/mol. The average molecular weight is 283 g/mol. The molecule has 0 amide bonds. The van der Waals surface area contributed by atoms with Gasteiger partial charge >= 0.3 is 11.9 Å². The average Bonchev–Trinajstić information content (AvgIpc) is 2.29. The summed E-state index contributed by atoms with van der Waals surface area (Å²) in [5.41, 5.74) is 0.177. The molecule has 0 aromatic rings. The first-order chi connectivity index (χ1) is 9.15. The maximum absolute atomic E-state index is 11.3. The number of hydrogen-bond acceptors (Lipinski definition) is 4. The lowest BCUT2D eigenvalue weighted by atomic mass is 9.80. The second kappa shape index (κ2) is 6.39. The molecule has 5 nitrogen and oxygen atoms in total. The van der Waals surface area contributed by atoms with Crippen LogP contribution in [0.3, 0.4) is 0 Å². The number of carboxylic acid groups (broad SMARTS) is 1. The Labute approximate surface area is 120 Å². The van der Waals surface area contributed by atoms with E-state index < -0.39 is 11.9 Å². The third-order valence-corrected chi connectivity index (χ3v) is 3.96. The molecular weight excluding hydrogens is 258 g/mol. The number of hydrogen-bond donors (Lipinski definition) is 1. The third kappa shape index (κ3) is 4.63. The Morgan fingerprint density at radius 2 is 1.70 bits per heavy atom. The third-order valence-electron chi connectivity index (χ3n) is 3.96. The van der Waals surface area contributed by atoms with Gasteiger partial charge in [0, 0.05) is 29.8 Å². The summed E-state index contributed by atoms with van der Waals surface area (Å²) in [7, 11) is 0. The first-order valence-corrected chi connectivity index (χ1v) is 7.01. The van der Waals surface area contributed by atoms with Crippen LogP contribution < -0.4 is 0 Å². The molecular formula is C15H25NO4. The van der Waals surface area contributed by atoms with Gasteiger partial charge in [-0.1, -0.05) is 0 Å². The smallest absolute Gasteiger partial charge is 0.331 e. The van der Waals surface area contributed by atoms with Crippen LogP contribution in [0.5, 0.6) is 0 Å². The van der Waals surface area contributed by atoms with Gasteiger partial charge in [0.2, 0.25) is 0 Å². The molecule has 0 aliphatic carbocycles. The van der Waals surface area contributed by atoms with E-state index in [2.05, 4.69) is 32.6 Å². The van der Waals surface area contributed by atoms with E-state index in [1.807, 2.05) is 0 Å². The molecule has 0 saturated carbocycles. The van der Waals surface area contributed by atoms with Crippen LogP contribution in [0.25, 0.3) is 0 Å². The first kappa shape index (κ1) is 16.7. The van der Waals surface area contributed by atoms with Gasteiger partial charge in [0.25, 0.3) is 0 Å². The van der Waals surface area contributed by atoms with E-state index in [0.29, 0.717) is 6.54 Å². The Balaban J connectivity index is 2.50. The van der Waals surface area contributed by atoms with Gasteiger partial charge in [0.15, 0.2) is 0 Å². The van der Waals surface area contributed by atoms with Gasteiger partial charge in [-0.25, -0.2) is 9.59 Å². The number of carbonyl (C=O) groups excluding carboxylic acids is 1. The van der Waals surface area contributed by atoms with E-state index in [1.165, 1.54) is 6.42 Å². The number of esters is 1. The molecule has 0 spiro atoms. The van der Waals surface area contributed by atoms with Crippen LogP contribution >= 0.6 is 0 Å². The van der Waals surface area contributed by atoms with Crippen LogP contribution in [-0.4, -0.2) is 46.2 Å². The Morgan fingerprint density at radius 3 is 2.20 bits per heavy atom. The predicted octanol–water partition coefficient (Wildman–Crippen LogP) is 2.21. The van der Waals surface area contributed by atoms with Crippen molar-refractivity contribution in [3.63, 3.8) is 0 Å². The zero-order chi connectivity index (χ0) is 15.4. The van der Waals surface area contributed by atoms with E-state index >= 15 is 0 Å². The topological polar surface area (TPSA) is 66.8 Å². The number of piperidine rings is 1. The second-order valence-corrected chi connectivity index (χ2v) is 6.47. The number of carboxylic acids is 1. The Bertz CT molecular complexity index is 383. The molecule has 1 fully saturated rings. The number of aliphatic carboxylic acids is 1. The molecule has 1 heterocycles. The van der Waals surface area contributed by atoms with E-state index in [0.717, 1.165) is 25.0 Å². The quantitative estimate of drug-likeness (QED) is 0.619. The summed E-state index contributed by atoms with van der Waals surface area (Å²) in [6.07, 6.45) is 5.19. The van der Waals surface area contributed by atoms with Gasteiger partial charge in [-0.05, 0) is 47.0 Å². The molecule has 5 heteroatoms. The Morgan fingerprint density at radius 1 is 1.15 bits per heavy atom. The van der Waals surface area contributed by atoms with Crippen molar-refractivity contribution in [3.05, 3.63) is 12.2 Å². The van der Waals surface area contributed by atoms with Crippen molar-refractivity contribution in [2.45, 2.75) is 58.0 Å². The fourth-order valence-electron chi connectivity index (χ4n) is 3.07. The highest BCUT2D eigenvalue weighted by Crippen LogP contribution is 2.37. The molecule has 0 unspecified atom stereocenters. The highest BCUT2D eigenvalue weighted by atomic mass is 16.5. The Hall–Kier alpha value is -1.36. The highest BCUT2D eigenvalue weighted by Gasteiger charge is 2.40. The van der Waals surface area contributed by atoms with E-state index in [-0.39, 0.29) is 17.7 Å². The first-order valence-electron chi connectivity index (χ1n) is 7.01. The molecule has 0 aromatic carbocycles. The monoisotopic (exact) mass is 283 g/mol. The van der Waals surface area contributed by atoms with Crippen molar-refractivity contribution in [3.8, 4) is 0 Å². The summed E-state index contributed by atoms with van der Waals surface area (Å²) in [5, 5.41) is 8.43. The lowest BCUT2D eigenvalue weighted by molar-refractivity contribution is -0.140. The second-order valence-electron chi connectivity index (χ2n) is 6.47. The minimum absolute atomic E-state index is 0.0884. The molecule has 0 bridgehead atoms. The van der Waals surface area contributed by atoms with Crippen LogP contribution in [0.2, 0.25) is 0 Å². The van der Waals surface area contributed by atoms with E-state index in [1.54, 1.807) is 0 Å². The van der Waals surface area contributed by atoms with Gasteiger partial charge < -0.3 is 9.84 Å². The number of rotatable bonds is 5. The van der Waals surface area contributed by atoms with Crippen LogP contribution in [0.4, 0.5) is 0 Å². The number of ether oxygens (including phenoxy) is 1. The molecule has 1 aliphatic heterocycles. The molecule has 114 valence electrons. The van der Waals surface area contributed by atoms with Gasteiger partial charge in [0.05, 0.1) is 0 Å². The molecule has 0 radical (unpaired) electrons. The molecule has 1 aliphatic rings. The van der Waals surface area contributed by atoms with Crippen LogP contribution in [-0.2, 0) is 14.3 Å². The number of carbonyl (C=O) groups is 2. The minimum atomic E-state index is -1.15. The maximum atomic E-state index is 11.3. The van der Waals surface area contributed by atoms with Crippen molar-refractivity contribution in [1.82, 2.24) is 4.90 Å². The summed E-state index contributed by atoms with van der Waals surface area (Å²) in [6, 6.07) is 0. The van der Waals surface area contributed by atoms with E-state index in [9.17, 15) is 9.59 Å². The summed E-state index contributed by atoms with van der Waals surface area (Å²) in [5.74, 6) is -1.76. The zero-order valence-electron chi connectivity index (χ0n) is 12.8. The van der Waals surface area contributed by atoms with Gasteiger partial charge in [0.1, 0.15) is 6.61 Å². The summed E-state index contributed by atoms with van der Waals surface area (Å²) >= 11 is 0. The van der Waals surface area contributed by atoms with Crippen LogP contribution in [0.1, 0.15) is 47.0 Å².